The number of carboxylic acid groups (broad SMARTS) is 1. The Morgan fingerprint density at radius 1 is 1.06 bits per heavy atom. The van der Waals surface area contributed by atoms with Gasteiger partial charge in [0, 0.05) is 18.5 Å². The maximum absolute atomic E-state index is 13.4. The van der Waals surface area contributed by atoms with Crippen LogP contribution in [-0.4, -0.2) is 56.7 Å². The first-order chi connectivity index (χ1) is 15.9. The second kappa shape index (κ2) is 7.63. The van der Waals surface area contributed by atoms with Gasteiger partial charge in [-0.1, -0.05) is 18.2 Å². The number of anilines is 2. The molecule has 0 radical (unpaired) electrons. The van der Waals surface area contributed by atoms with Gasteiger partial charge in [-0.2, -0.15) is 0 Å². The van der Waals surface area contributed by atoms with Gasteiger partial charge in [0.1, 0.15) is 16.2 Å². The molecule has 2 aromatic carbocycles. The maximum Gasteiger partial charge on any atom is 0.341 e. The number of para-hydroxylation sites is 1. The number of nitrogens with one attached hydrogen (secondary N) is 2. The van der Waals surface area contributed by atoms with Crippen LogP contribution in [0.1, 0.15) is 41.1 Å². The summed E-state index contributed by atoms with van der Waals surface area (Å²) in [5, 5.41) is 13.4. The normalized spacial score (nSPS) is 29.4. The molecule has 8 nitrogen and oxygen atoms in total. The van der Waals surface area contributed by atoms with Crippen molar-refractivity contribution >= 4 is 27.4 Å². The van der Waals surface area contributed by atoms with Crippen molar-refractivity contribution in [1.82, 2.24) is 4.90 Å². The molecule has 7 rings (SSSR count). The average molecular weight is 470 g/mol. The summed E-state index contributed by atoms with van der Waals surface area (Å²) in [6.45, 7) is 3.58. The van der Waals surface area contributed by atoms with Crippen LogP contribution in [0.15, 0.2) is 41.3 Å². The summed E-state index contributed by atoms with van der Waals surface area (Å²) in [6.07, 6.45) is 3.21. The molecular weight excluding hydrogens is 442 g/mol. The highest BCUT2D eigenvalue weighted by Gasteiger charge is 2.45. The Labute approximate surface area is 193 Å². The molecule has 3 saturated heterocycles. The number of hydrogen-bond donors (Lipinski definition) is 3. The highest BCUT2D eigenvalue weighted by atomic mass is 32.2. The first-order valence-electron chi connectivity index (χ1n) is 11.5. The number of sulfonamides is 1. The summed E-state index contributed by atoms with van der Waals surface area (Å²) in [5.74, 6) is 0.360. The number of rotatable bonds is 6. The van der Waals surface area contributed by atoms with Gasteiger partial charge in [0.2, 0.25) is 0 Å². The van der Waals surface area contributed by atoms with E-state index in [1.165, 1.54) is 0 Å². The number of nitrogens with zero attached hydrogens (tertiary/aromatic N) is 1. The SMILES string of the molecule is O=C(O)c1c(NS(=O)(=O)c2ccccc2N[C@H]2CN3CCC2CC3)ccc2c1OC[C@@H]1C[C@H]21. The highest BCUT2D eigenvalue weighted by Crippen LogP contribution is 2.55. The smallest absolute Gasteiger partial charge is 0.341 e. The predicted octanol–water partition coefficient (Wildman–Crippen LogP) is 3.19. The Morgan fingerprint density at radius 3 is 2.58 bits per heavy atom. The zero-order valence-corrected chi connectivity index (χ0v) is 19.0. The fourth-order valence-electron chi connectivity index (χ4n) is 5.70. The summed E-state index contributed by atoms with van der Waals surface area (Å²) in [4.78, 5) is 14.6. The average Bonchev–Trinajstić information content (AvgIpc) is 3.60. The number of hydrogen-bond acceptors (Lipinski definition) is 6. The van der Waals surface area contributed by atoms with E-state index in [1.54, 1.807) is 30.3 Å². The Balaban J connectivity index is 1.32. The minimum absolute atomic E-state index is 0.0259. The Bertz CT molecular complexity index is 1220. The molecule has 3 atom stereocenters. The summed E-state index contributed by atoms with van der Waals surface area (Å²) in [5.41, 5.74) is 1.30. The Hall–Kier alpha value is -2.78. The molecule has 1 saturated carbocycles. The molecule has 4 aliphatic heterocycles. The number of carboxylic acids is 1. The molecule has 1 aliphatic carbocycles. The summed E-state index contributed by atoms with van der Waals surface area (Å²) >= 11 is 0. The minimum atomic E-state index is -4.04. The molecule has 0 spiro atoms. The third-order valence-corrected chi connectivity index (χ3v) is 9.01. The van der Waals surface area contributed by atoms with Crippen LogP contribution in [0.2, 0.25) is 0 Å². The van der Waals surface area contributed by atoms with Crippen LogP contribution < -0.4 is 14.8 Å². The van der Waals surface area contributed by atoms with Gasteiger partial charge >= 0.3 is 5.97 Å². The third-order valence-electron chi connectivity index (χ3n) is 7.58. The van der Waals surface area contributed by atoms with Crippen LogP contribution in [0.5, 0.6) is 5.75 Å². The monoisotopic (exact) mass is 469 g/mol. The first-order valence-corrected chi connectivity index (χ1v) is 13.0. The molecule has 0 aromatic heterocycles. The molecule has 0 unspecified atom stereocenters. The molecule has 3 N–H and O–H groups in total. The zero-order chi connectivity index (χ0) is 22.7. The fraction of sp³-hybridized carbons (Fsp3) is 0.458. The lowest BCUT2D eigenvalue weighted by molar-refractivity contribution is 0.0692. The van der Waals surface area contributed by atoms with Crippen molar-refractivity contribution in [2.45, 2.75) is 36.1 Å². The van der Waals surface area contributed by atoms with Crippen molar-refractivity contribution in [1.29, 1.82) is 0 Å². The first kappa shape index (κ1) is 20.8. The number of carbonyl (C=O) groups is 1. The van der Waals surface area contributed by atoms with Crippen molar-refractivity contribution < 1.29 is 23.1 Å². The number of benzene rings is 2. The quantitative estimate of drug-likeness (QED) is 0.596. The van der Waals surface area contributed by atoms with Crippen LogP contribution in [-0.2, 0) is 10.0 Å². The van der Waals surface area contributed by atoms with Gasteiger partial charge in [0.25, 0.3) is 10.0 Å². The second-order valence-electron chi connectivity index (χ2n) is 9.62. The minimum Gasteiger partial charge on any atom is -0.492 e. The lowest BCUT2D eigenvalue weighted by Crippen LogP contribution is -2.53. The van der Waals surface area contributed by atoms with E-state index in [-0.39, 0.29) is 22.2 Å². The van der Waals surface area contributed by atoms with Gasteiger partial charge < -0.3 is 20.1 Å². The van der Waals surface area contributed by atoms with E-state index in [1.807, 2.05) is 6.07 Å². The molecule has 2 aromatic rings. The summed E-state index contributed by atoms with van der Waals surface area (Å²) < 4.78 is 35.2. The predicted molar refractivity (Wildman–Crippen MR) is 124 cm³/mol. The van der Waals surface area contributed by atoms with E-state index in [4.69, 9.17) is 4.74 Å². The van der Waals surface area contributed by atoms with Crippen LogP contribution in [0.25, 0.3) is 0 Å². The fourth-order valence-corrected chi connectivity index (χ4v) is 6.94. The lowest BCUT2D eigenvalue weighted by atomic mass is 9.84. The lowest BCUT2D eigenvalue weighted by Gasteiger charge is -2.45. The van der Waals surface area contributed by atoms with E-state index >= 15 is 0 Å². The standard InChI is InChI=1S/C24H27N3O5S/c28-24(29)22-19(6-5-16-17-11-15(17)13-32-23(16)22)26-33(30,31)21-4-2-1-3-18(21)25-20-12-27-9-7-14(20)8-10-27/h1-6,14-15,17,20,25-26H,7-13H2,(H,28,29)/t15-,17-,20-/m0/s1. The molecule has 4 fully saturated rings. The molecule has 33 heavy (non-hydrogen) atoms. The van der Waals surface area contributed by atoms with E-state index in [9.17, 15) is 18.3 Å². The van der Waals surface area contributed by atoms with Crippen molar-refractivity contribution in [3.8, 4) is 5.75 Å². The molecule has 174 valence electrons. The van der Waals surface area contributed by atoms with Crippen molar-refractivity contribution in [2.24, 2.45) is 11.8 Å². The second-order valence-corrected chi connectivity index (χ2v) is 11.3. The van der Waals surface area contributed by atoms with E-state index in [2.05, 4.69) is 14.9 Å². The van der Waals surface area contributed by atoms with Crippen LogP contribution >= 0.6 is 0 Å². The molecule has 5 aliphatic rings. The van der Waals surface area contributed by atoms with Crippen LogP contribution in [0.3, 0.4) is 0 Å². The van der Waals surface area contributed by atoms with Crippen LogP contribution in [0.4, 0.5) is 11.4 Å². The van der Waals surface area contributed by atoms with Crippen molar-refractivity contribution in [3.63, 3.8) is 0 Å². The number of ether oxygens (including phenoxy) is 1. The van der Waals surface area contributed by atoms with Crippen LogP contribution in [0, 0.1) is 11.8 Å². The third kappa shape index (κ3) is 3.63. The van der Waals surface area contributed by atoms with Gasteiger partial charge in [0.15, 0.2) is 0 Å². The van der Waals surface area contributed by atoms with Gasteiger partial charge in [-0.3, -0.25) is 4.72 Å². The zero-order valence-electron chi connectivity index (χ0n) is 18.2. The molecule has 4 heterocycles. The molecule has 0 amide bonds. The summed E-state index contributed by atoms with van der Waals surface area (Å²) in [7, 11) is -4.04. The van der Waals surface area contributed by atoms with Gasteiger partial charge in [-0.05, 0) is 68.0 Å². The van der Waals surface area contributed by atoms with Gasteiger partial charge in [-0.15, -0.1) is 0 Å². The van der Waals surface area contributed by atoms with Crippen molar-refractivity contribution in [2.75, 3.05) is 36.3 Å². The molecule has 2 bridgehead atoms. The summed E-state index contributed by atoms with van der Waals surface area (Å²) in [6, 6.07) is 10.3. The Kier molecular flexibility index (Phi) is 4.81. The number of aromatic carboxylic acids is 1. The van der Waals surface area contributed by atoms with E-state index in [0.717, 1.165) is 44.5 Å². The highest BCUT2D eigenvalue weighted by molar-refractivity contribution is 7.92. The Morgan fingerprint density at radius 2 is 1.85 bits per heavy atom. The maximum atomic E-state index is 13.4. The van der Waals surface area contributed by atoms with Gasteiger partial charge in [0.05, 0.1) is 18.0 Å². The van der Waals surface area contributed by atoms with Crippen molar-refractivity contribution in [3.05, 3.63) is 47.5 Å². The van der Waals surface area contributed by atoms with Gasteiger partial charge in [-0.25, -0.2) is 13.2 Å². The molecular formula is C24H27N3O5S. The number of piperidine rings is 3. The molecule has 9 heteroatoms. The largest absolute Gasteiger partial charge is 0.492 e. The topological polar surface area (TPSA) is 108 Å². The van der Waals surface area contributed by atoms with E-state index < -0.39 is 16.0 Å². The van der Waals surface area contributed by atoms with E-state index in [0.29, 0.717) is 35.8 Å². The number of fused-ring (bicyclic) bond motifs is 6.